The molecule has 1 aromatic carbocycles. The zero-order valence-electron chi connectivity index (χ0n) is 12.4. The molecule has 3 aromatic rings. The van der Waals surface area contributed by atoms with E-state index in [1.165, 1.54) is 0 Å². The molecule has 3 heterocycles. The topological polar surface area (TPSA) is 71.8 Å². The predicted molar refractivity (Wildman–Crippen MR) is 88.5 cm³/mol. The van der Waals surface area contributed by atoms with Gasteiger partial charge in [0.1, 0.15) is 0 Å². The van der Waals surface area contributed by atoms with Crippen molar-refractivity contribution < 1.29 is 4.79 Å². The van der Waals surface area contributed by atoms with Crippen molar-refractivity contribution in [3.63, 3.8) is 0 Å². The molecule has 1 amide bonds. The van der Waals surface area contributed by atoms with Crippen LogP contribution in [0.2, 0.25) is 0 Å². The van der Waals surface area contributed by atoms with Gasteiger partial charge in [-0.3, -0.25) is 4.79 Å². The standard InChI is InChI=1S/C17H15N5O/c23-16-7-9-19-17-13(4-3-5-14(17)21-16)12-10-20-22(11-12)15-6-1-2-8-18-15/h1-6,8,10-11,19H,7,9H2,(H,21,23). The SMILES string of the molecule is O=C1CCNc2c(cccc2-c2cnn(-c3ccccn3)c2)N1. The van der Waals surface area contributed by atoms with E-state index in [9.17, 15) is 4.79 Å². The van der Waals surface area contributed by atoms with E-state index < -0.39 is 0 Å². The number of aromatic nitrogens is 3. The largest absolute Gasteiger partial charge is 0.382 e. The summed E-state index contributed by atoms with van der Waals surface area (Å²) in [5.74, 6) is 0.791. The quantitative estimate of drug-likeness (QED) is 0.763. The summed E-state index contributed by atoms with van der Waals surface area (Å²) in [6, 6.07) is 11.6. The van der Waals surface area contributed by atoms with Crippen molar-refractivity contribution in [1.29, 1.82) is 0 Å². The smallest absolute Gasteiger partial charge is 0.226 e. The molecule has 1 aliphatic rings. The molecule has 2 N–H and O–H groups in total. The molecule has 0 saturated heterocycles. The second kappa shape index (κ2) is 5.57. The Labute approximate surface area is 133 Å². The summed E-state index contributed by atoms with van der Waals surface area (Å²) >= 11 is 0. The van der Waals surface area contributed by atoms with Crippen LogP contribution < -0.4 is 10.6 Å². The molecule has 2 aromatic heterocycles. The summed E-state index contributed by atoms with van der Waals surface area (Å²) in [7, 11) is 0. The molecule has 0 atom stereocenters. The Kier molecular flexibility index (Phi) is 3.27. The highest BCUT2D eigenvalue weighted by molar-refractivity contribution is 5.99. The number of fused-ring (bicyclic) bond motifs is 1. The van der Waals surface area contributed by atoms with Crippen molar-refractivity contribution in [3.8, 4) is 16.9 Å². The van der Waals surface area contributed by atoms with Crippen molar-refractivity contribution in [1.82, 2.24) is 14.8 Å². The first kappa shape index (κ1) is 13.5. The van der Waals surface area contributed by atoms with Crippen LogP contribution in [0, 0.1) is 0 Å². The number of nitrogens with one attached hydrogen (secondary N) is 2. The summed E-state index contributed by atoms with van der Waals surface area (Å²) in [5, 5.41) is 10.7. The van der Waals surface area contributed by atoms with Crippen LogP contribution in [0.25, 0.3) is 16.9 Å². The fourth-order valence-electron chi connectivity index (χ4n) is 2.68. The Hall–Kier alpha value is -3.15. The van der Waals surface area contributed by atoms with Crippen LogP contribution in [-0.2, 0) is 4.79 Å². The van der Waals surface area contributed by atoms with Gasteiger partial charge in [0.15, 0.2) is 5.82 Å². The van der Waals surface area contributed by atoms with Crippen molar-refractivity contribution >= 4 is 17.3 Å². The number of carbonyl (C=O) groups is 1. The van der Waals surface area contributed by atoms with Gasteiger partial charge in [-0.05, 0) is 18.2 Å². The van der Waals surface area contributed by atoms with E-state index in [-0.39, 0.29) is 5.91 Å². The molecule has 0 bridgehead atoms. The second-order valence-electron chi connectivity index (χ2n) is 5.31. The van der Waals surface area contributed by atoms with Crippen LogP contribution in [0.3, 0.4) is 0 Å². The van der Waals surface area contributed by atoms with E-state index in [0.717, 1.165) is 28.3 Å². The third-order valence-corrected chi connectivity index (χ3v) is 3.77. The lowest BCUT2D eigenvalue weighted by Crippen LogP contribution is -2.10. The first-order valence-corrected chi connectivity index (χ1v) is 7.44. The molecule has 0 unspecified atom stereocenters. The van der Waals surface area contributed by atoms with Gasteiger partial charge in [0.05, 0.1) is 17.6 Å². The number of pyridine rings is 1. The van der Waals surface area contributed by atoms with Crippen LogP contribution in [-0.4, -0.2) is 27.2 Å². The average Bonchev–Trinajstić information content (AvgIpc) is 2.98. The van der Waals surface area contributed by atoms with Gasteiger partial charge in [-0.15, -0.1) is 0 Å². The minimum atomic E-state index is 0.0255. The van der Waals surface area contributed by atoms with Gasteiger partial charge in [-0.1, -0.05) is 18.2 Å². The van der Waals surface area contributed by atoms with Gasteiger partial charge >= 0.3 is 0 Å². The summed E-state index contributed by atoms with van der Waals surface area (Å²) in [5.41, 5.74) is 3.71. The van der Waals surface area contributed by atoms with E-state index in [1.807, 2.05) is 42.6 Å². The molecule has 0 spiro atoms. The van der Waals surface area contributed by atoms with E-state index >= 15 is 0 Å². The van der Waals surface area contributed by atoms with Crippen LogP contribution in [0.4, 0.5) is 11.4 Å². The minimum Gasteiger partial charge on any atom is -0.382 e. The third kappa shape index (κ3) is 2.55. The summed E-state index contributed by atoms with van der Waals surface area (Å²) < 4.78 is 1.74. The first-order valence-electron chi connectivity index (χ1n) is 7.44. The van der Waals surface area contributed by atoms with E-state index in [0.29, 0.717) is 13.0 Å². The maximum Gasteiger partial charge on any atom is 0.226 e. The number of benzene rings is 1. The molecule has 114 valence electrons. The predicted octanol–water partition coefficient (Wildman–Crippen LogP) is 2.69. The van der Waals surface area contributed by atoms with Crippen LogP contribution in [0.5, 0.6) is 0 Å². The van der Waals surface area contributed by atoms with Crippen LogP contribution in [0.15, 0.2) is 55.0 Å². The van der Waals surface area contributed by atoms with Gasteiger partial charge in [-0.2, -0.15) is 5.10 Å². The molecular formula is C17H15N5O. The Morgan fingerprint density at radius 1 is 1.13 bits per heavy atom. The summed E-state index contributed by atoms with van der Waals surface area (Å²) in [6.45, 7) is 0.615. The second-order valence-corrected chi connectivity index (χ2v) is 5.31. The number of para-hydroxylation sites is 1. The number of nitrogens with zero attached hydrogens (tertiary/aromatic N) is 3. The molecule has 0 saturated carbocycles. The van der Waals surface area contributed by atoms with E-state index in [4.69, 9.17) is 0 Å². The molecule has 1 aliphatic heterocycles. The molecule has 0 radical (unpaired) electrons. The van der Waals surface area contributed by atoms with E-state index in [2.05, 4.69) is 20.7 Å². The number of carbonyl (C=O) groups excluding carboxylic acids is 1. The lowest BCUT2D eigenvalue weighted by atomic mass is 10.1. The molecule has 6 heteroatoms. The highest BCUT2D eigenvalue weighted by atomic mass is 16.1. The van der Waals surface area contributed by atoms with Gasteiger partial charge in [0.25, 0.3) is 0 Å². The number of anilines is 2. The normalized spacial score (nSPS) is 13.7. The highest BCUT2D eigenvalue weighted by Crippen LogP contribution is 2.35. The number of rotatable bonds is 2. The molecular weight excluding hydrogens is 290 g/mol. The zero-order chi connectivity index (χ0) is 15.6. The third-order valence-electron chi connectivity index (χ3n) is 3.77. The fourth-order valence-corrected chi connectivity index (χ4v) is 2.68. The van der Waals surface area contributed by atoms with Gasteiger partial charge in [-0.25, -0.2) is 9.67 Å². The van der Waals surface area contributed by atoms with Crippen LogP contribution in [0.1, 0.15) is 6.42 Å². The fraction of sp³-hybridized carbons (Fsp3) is 0.118. The van der Waals surface area contributed by atoms with Crippen molar-refractivity contribution in [2.45, 2.75) is 6.42 Å². The van der Waals surface area contributed by atoms with Gasteiger partial charge in [0, 0.05) is 36.5 Å². The van der Waals surface area contributed by atoms with Crippen molar-refractivity contribution in [3.05, 3.63) is 55.0 Å². The van der Waals surface area contributed by atoms with Crippen molar-refractivity contribution in [2.75, 3.05) is 17.2 Å². The van der Waals surface area contributed by atoms with E-state index in [1.54, 1.807) is 17.1 Å². The van der Waals surface area contributed by atoms with Gasteiger partial charge in [0.2, 0.25) is 5.91 Å². The molecule has 4 rings (SSSR count). The lowest BCUT2D eigenvalue weighted by Gasteiger charge is -2.12. The first-order chi connectivity index (χ1) is 11.3. The Morgan fingerprint density at radius 3 is 2.96 bits per heavy atom. The molecule has 0 aliphatic carbocycles. The summed E-state index contributed by atoms with van der Waals surface area (Å²) in [6.07, 6.45) is 5.94. The highest BCUT2D eigenvalue weighted by Gasteiger charge is 2.17. The average molecular weight is 305 g/mol. The van der Waals surface area contributed by atoms with Gasteiger partial charge < -0.3 is 10.6 Å². The molecule has 0 fully saturated rings. The Bertz CT molecular complexity index is 856. The minimum absolute atomic E-state index is 0.0255. The van der Waals surface area contributed by atoms with Crippen molar-refractivity contribution in [2.24, 2.45) is 0 Å². The zero-order valence-corrected chi connectivity index (χ0v) is 12.4. The molecule has 23 heavy (non-hydrogen) atoms. The number of amides is 1. The monoisotopic (exact) mass is 305 g/mol. The number of hydrogen-bond acceptors (Lipinski definition) is 4. The number of hydrogen-bond donors (Lipinski definition) is 2. The maximum absolute atomic E-state index is 11.7. The summed E-state index contributed by atoms with van der Waals surface area (Å²) in [4.78, 5) is 16.0. The molecule has 6 nitrogen and oxygen atoms in total. The maximum atomic E-state index is 11.7. The van der Waals surface area contributed by atoms with Crippen LogP contribution >= 0.6 is 0 Å². The Balaban J connectivity index is 1.76. The Morgan fingerprint density at radius 2 is 2.09 bits per heavy atom. The lowest BCUT2D eigenvalue weighted by molar-refractivity contribution is -0.115.